The molecule has 0 N–H and O–H groups in total. The molecule has 0 bridgehead atoms. The first kappa shape index (κ1) is 10.3. The number of benzene rings is 1. The number of hydrogen-bond acceptors (Lipinski definition) is 1. The van der Waals surface area contributed by atoms with Crippen molar-refractivity contribution in [2.75, 3.05) is 0 Å². The van der Waals surface area contributed by atoms with Crippen molar-refractivity contribution in [3.05, 3.63) is 35.9 Å². The summed E-state index contributed by atoms with van der Waals surface area (Å²) in [7, 11) is 0. The van der Waals surface area contributed by atoms with Crippen LogP contribution in [0.1, 0.15) is 44.3 Å². The summed E-state index contributed by atoms with van der Waals surface area (Å²) in [6.07, 6.45) is 6.28. The van der Waals surface area contributed by atoms with Crippen molar-refractivity contribution in [1.82, 2.24) is 0 Å². The van der Waals surface area contributed by atoms with E-state index in [0.29, 0.717) is 18.1 Å². The maximum absolute atomic E-state index is 6.26. The lowest BCUT2D eigenvalue weighted by Gasteiger charge is -2.25. The maximum Gasteiger partial charge on any atom is 0.0857 e. The standard InChI is InChI=1S/C15H20O/c1-11-13-9-5-6-10-14(13)16-15(11)12-7-3-2-4-8-12/h2-4,7-8,11,13-15H,5-6,9-10H2,1H3/t11-,13-,14+,15+/m1/s1. The van der Waals surface area contributed by atoms with Gasteiger partial charge in [-0.3, -0.25) is 0 Å². The van der Waals surface area contributed by atoms with E-state index < -0.39 is 0 Å². The molecule has 1 heterocycles. The molecule has 1 aromatic rings. The quantitative estimate of drug-likeness (QED) is 0.690. The van der Waals surface area contributed by atoms with E-state index in [1.54, 1.807) is 0 Å². The molecule has 4 atom stereocenters. The van der Waals surface area contributed by atoms with E-state index >= 15 is 0 Å². The molecule has 0 unspecified atom stereocenters. The average Bonchev–Trinajstić information content (AvgIpc) is 2.69. The van der Waals surface area contributed by atoms with Gasteiger partial charge in [0.25, 0.3) is 0 Å². The van der Waals surface area contributed by atoms with Crippen molar-refractivity contribution in [1.29, 1.82) is 0 Å². The molecule has 1 saturated heterocycles. The monoisotopic (exact) mass is 216 g/mol. The van der Waals surface area contributed by atoms with Gasteiger partial charge in [-0.2, -0.15) is 0 Å². The molecule has 1 aliphatic heterocycles. The van der Waals surface area contributed by atoms with Crippen LogP contribution >= 0.6 is 0 Å². The summed E-state index contributed by atoms with van der Waals surface area (Å²) >= 11 is 0. The molecule has 3 rings (SSSR count). The molecule has 2 aliphatic rings. The molecule has 16 heavy (non-hydrogen) atoms. The third kappa shape index (κ3) is 1.67. The lowest BCUT2D eigenvalue weighted by molar-refractivity contribution is 0.0155. The highest BCUT2D eigenvalue weighted by molar-refractivity contribution is 5.20. The zero-order chi connectivity index (χ0) is 11.0. The van der Waals surface area contributed by atoms with Crippen LogP contribution in [0.2, 0.25) is 0 Å². The van der Waals surface area contributed by atoms with Gasteiger partial charge in [0.05, 0.1) is 12.2 Å². The van der Waals surface area contributed by atoms with Crippen molar-refractivity contribution in [2.45, 2.75) is 44.8 Å². The molecule has 1 heteroatoms. The minimum Gasteiger partial charge on any atom is -0.370 e. The second-order valence-corrected chi connectivity index (χ2v) is 5.31. The molecule has 0 aromatic heterocycles. The van der Waals surface area contributed by atoms with Gasteiger partial charge in [0, 0.05) is 0 Å². The van der Waals surface area contributed by atoms with Crippen LogP contribution in [0.25, 0.3) is 0 Å². The van der Waals surface area contributed by atoms with E-state index in [-0.39, 0.29) is 0 Å². The summed E-state index contributed by atoms with van der Waals surface area (Å²) in [6.45, 7) is 2.37. The van der Waals surface area contributed by atoms with Gasteiger partial charge in [-0.25, -0.2) is 0 Å². The highest BCUT2D eigenvalue weighted by Gasteiger charge is 2.42. The second kappa shape index (κ2) is 4.21. The number of rotatable bonds is 1. The predicted molar refractivity (Wildman–Crippen MR) is 65.2 cm³/mol. The fourth-order valence-electron chi connectivity index (χ4n) is 3.46. The fourth-order valence-corrected chi connectivity index (χ4v) is 3.46. The van der Waals surface area contributed by atoms with E-state index in [1.807, 2.05) is 0 Å². The van der Waals surface area contributed by atoms with Gasteiger partial charge in [-0.15, -0.1) is 0 Å². The van der Waals surface area contributed by atoms with E-state index in [9.17, 15) is 0 Å². The number of ether oxygens (including phenoxy) is 1. The van der Waals surface area contributed by atoms with Gasteiger partial charge in [0.2, 0.25) is 0 Å². The minimum atomic E-state index is 0.342. The lowest BCUT2D eigenvalue weighted by Crippen LogP contribution is -2.23. The van der Waals surface area contributed by atoms with Gasteiger partial charge in [0.1, 0.15) is 0 Å². The lowest BCUT2D eigenvalue weighted by atomic mass is 9.78. The SMILES string of the molecule is C[C@@H]1[C@H]2CCCC[C@@H]2O[C@@H]1c1ccccc1. The largest absolute Gasteiger partial charge is 0.370 e. The molecule has 0 spiro atoms. The molecule has 2 fully saturated rings. The topological polar surface area (TPSA) is 9.23 Å². The van der Waals surface area contributed by atoms with E-state index in [1.165, 1.54) is 31.2 Å². The summed E-state index contributed by atoms with van der Waals surface area (Å²) in [5.41, 5.74) is 1.37. The summed E-state index contributed by atoms with van der Waals surface area (Å²) < 4.78 is 6.26. The average molecular weight is 216 g/mol. The Bertz CT molecular complexity index is 346. The van der Waals surface area contributed by atoms with Gasteiger partial charge in [0.15, 0.2) is 0 Å². The van der Waals surface area contributed by atoms with Crippen LogP contribution < -0.4 is 0 Å². The number of hydrogen-bond donors (Lipinski definition) is 0. The molecular formula is C15H20O. The molecule has 0 radical (unpaired) electrons. The second-order valence-electron chi connectivity index (χ2n) is 5.31. The summed E-state index contributed by atoms with van der Waals surface area (Å²) in [4.78, 5) is 0. The van der Waals surface area contributed by atoms with Crippen LogP contribution in [0.4, 0.5) is 0 Å². The molecule has 1 aliphatic carbocycles. The molecule has 86 valence electrons. The minimum absolute atomic E-state index is 0.342. The molecular weight excluding hydrogens is 196 g/mol. The van der Waals surface area contributed by atoms with Crippen LogP contribution in [-0.2, 0) is 4.74 Å². The van der Waals surface area contributed by atoms with Gasteiger partial charge in [-0.1, -0.05) is 50.1 Å². The fraction of sp³-hybridized carbons (Fsp3) is 0.600. The number of fused-ring (bicyclic) bond motifs is 1. The maximum atomic E-state index is 6.26. The Balaban J connectivity index is 1.83. The Morgan fingerprint density at radius 2 is 1.81 bits per heavy atom. The van der Waals surface area contributed by atoms with E-state index in [0.717, 1.165) is 5.92 Å². The van der Waals surface area contributed by atoms with Gasteiger partial charge >= 0.3 is 0 Å². The highest BCUT2D eigenvalue weighted by atomic mass is 16.5. The van der Waals surface area contributed by atoms with Crippen molar-refractivity contribution < 1.29 is 4.74 Å². The molecule has 1 saturated carbocycles. The molecule has 1 aromatic carbocycles. The summed E-state index contributed by atoms with van der Waals surface area (Å²) in [5.74, 6) is 1.49. The Kier molecular flexibility index (Phi) is 2.72. The first-order valence-electron chi connectivity index (χ1n) is 6.56. The van der Waals surface area contributed by atoms with Gasteiger partial charge in [-0.05, 0) is 30.2 Å². The molecule has 1 nitrogen and oxygen atoms in total. The molecule has 0 amide bonds. The third-order valence-electron chi connectivity index (χ3n) is 4.36. The smallest absolute Gasteiger partial charge is 0.0857 e. The third-order valence-corrected chi connectivity index (χ3v) is 4.36. The van der Waals surface area contributed by atoms with Crippen LogP contribution in [-0.4, -0.2) is 6.10 Å². The zero-order valence-corrected chi connectivity index (χ0v) is 9.93. The van der Waals surface area contributed by atoms with Crippen LogP contribution in [0, 0.1) is 11.8 Å². The van der Waals surface area contributed by atoms with Crippen molar-refractivity contribution in [3.63, 3.8) is 0 Å². The van der Waals surface area contributed by atoms with Crippen LogP contribution in [0.3, 0.4) is 0 Å². The van der Waals surface area contributed by atoms with Crippen molar-refractivity contribution in [2.24, 2.45) is 11.8 Å². The van der Waals surface area contributed by atoms with E-state index in [2.05, 4.69) is 37.3 Å². The summed E-state index contributed by atoms with van der Waals surface area (Å²) in [6, 6.07) is 10.7. The zero-order valence-electron chi connectivity index (χ0n) is 9.93. The normalized spacial score (nSPS) is 38.3. The first-order chi connectivity index (χ1) is 7.86. The van der Waals surface area contributed by atoms with Crippen molar-refractivity contribution in [3.8, 4) is 0 Å². The van der Waals surface area contributed by atoms with Crippen LogP contribution in [0.15, 0.2) is 30.3 Å². The van der Waals surface area contributed by atoms with Crippen molar-refractivity contribution >= 4 is 0 Å². The highest BCUT2D eigenvalue weighted by Crippen LogP contribution is 2.47. The first-order valence-corrected chi connectivity index (χ1v) is 6.56. The predicted octanol–water partition coefficient (Wildman–Crippen LogP) is 3.95. The summed E-state index contributed by atoms with van der Waals surface area (Å²) in [5, 5.41) is 0. The Morgan fingerprint density at radius 1 is 1.06 bits per heavy atom. The Hall–Kier alpha value is -0.820. The van der Waals surface area contributed by atoms with Crippen LogP contribution in [0.5, 0.6) is 0 Å². The van der Waals surface area contributed by atoms with E-state index in [4.69, 9.17) is 4.74 Å². The van der Waals surface area contributed by atoms with Gasteiger partial charge < -0.3 is 4.74 Å². The Labute approximate surface area is 97.8 Å². The Morgan fingerprint density at radius 3 is 2.56 bits per heavy atom.